The number of rotatable bonds is 3. The van der Waals surface area contributed by atoms with E-state index in [0.29, 0.717) is 10.5 Å². The van der Waals surface area contributed by atoms with Crippen LogP contribution in [0.4, 0.5) is 0 Å². The number of aryl methyl sites for hydroxylation is 1. The minimum Gasteiger partial charge on any atom is -0.548 e. The second-order valence-corrected chi connectivity index (χ2v) is 5.20. The number of halogens is 2. The number of hydrogen-bond acceptors (Lipinski definition) is 4. The Morgan fingerprint density at radius 3 is 2.65 bits per heavy atom. The molecule has 0 bridgehead atoms. The third-order valence-electron chi connectivity index (χ3n) is 3.07. The maximum absolute atomic E-state index is 12.5. The van der Waals surface area contributed by atoms with E-state index in [4.69, 9.17) is 23.2 Å². The molecule has 2 rings (SSSR count). The van der Waals surface area contributed by atoms with Gasteiger partial charge in [0, 0.05) is 5.02 Å². The summed E-state index contributed by atoms with van der Waals surface area (Å²) in [6.45, 7) is 3.21. The first-order valence-corrected chi connectivity index (χ1v) is 6.71. The van der Waals surface area contributed by atoms with Crippen LogP contribution >= 0.6 is 23.2 Å². The lowest BCUT2D eigenvalue weighted by molar-refractivity contribution is -0.310. The number of nitrogens with zero attached hydrogens (tertiary/aromatic N) is 2. The summed E-state index contributed by atoms with van der Waals surface area (Å²) < 4.78 is 1.10. The van der Waals surface area contributed by atoms with E-state index in [-0.39, 0.29) is 22.7 Å². The highest BCUT2D eigenvalue weighted by Crippen LogP contribution is 2.25. The van der Waals surface area contributed by atoms with Gasteiger partial charge in [-0.1, -0.05) is 30.1 Å². The third kappa shape index (κ3) is 2.39. The molecule has 0 saturated carbocycles. The monoisotopic (exact) mass is 313 g/mol. The molecular weight excluding hydrogens is 303 g/mol. The van der Waals surface area contributed by atoms with Crippen molar-refractivity contribution in [3.8, 4) is 0 Å². The number of carboxylic acid groups (broad SMARTS) is 1. The second-order valence-electron chi connectivity index (χ2n) is 4.36. The molecule has 106 valence electrons. The molecule has 1 heterocycles. The summed E-state index contributed by atoms with van der Waals surface area (Å²) in [5.74, 6) is -1.06. The molecule has 0 aliphatic heterocycles. The van der Waals surface area contributed by atoms with Gasteiger partial charge in [0.25, 0.3) is 5.56 Å². The molecule has 0 saturated heterocycles. The van der Waals surface area contributed by atoms with Crippen LogP contribution in [0.5, 0.6) is 0 Å². The average Bonchev–Trinajstić information content (AvgIpc) is 2.35. The van der Waals surface area contributed by atoms with Gasteiger partial charge in [-0.2, -0.15) is 0 Å². The zero-order chi connectivity index (χ0) is 15.0. The standard InChI is InChI=1S/C13H12Cl2N2O3/c1-3-10(13(19)20)17-6(2)16-11-8(12(17)18)4-7(14)5-9(11)15/h4-5,10H,3H2,1-2H3,(H,19,20)/p-1. The summed E-state index contributed by atoms with van der Waals surface area (Å²) in [4.78, 5) is 27.8. The van der Waals surface area contributed by atoms with Gasteiger partial charge in [-0.25, -0.2) is 4.98 Å². The molecule has 0 fully saturated rings. The lowest BCUT2D eigenvalue weighted by Crippen LogP contribution is -2.39. The number of carbonyl (C=O) groups excluding carboxylic acids is 1. The van der Waals surface area contributed by atoms with Crippen molar-refractivity contribution in [2.24, 2.45) is 0 Å². The lowest BCUT2D eigenvalue weighted by Gasteiger charge is -2.21. The third-order valence-corrected chi connectivity index (χ3v) is 3.58. The molecule has 2 aromatic rings. The summed E-state index contributed by atoms with van der Waals surface area (Å²) >= 11 is 11.9. The van der Waals surface area contributed by atoms with E-state index in [9.17, 15) is 14.7 Å². The molecule has 0 amide bonds. The SMILES string of the molecule is CCC(C(=O)[O-])n1c(C)nc2c(Cl)cc(Cl)cc2c1=O. The zero-order valence-electron chi connectivity index (χ0n) is 10.8. The molecule has 1 atom stereocenters. The van der Waals surface area contributed by atoms with Gasteiger partial charge in [-0.05, 0) is 25.5 Å². The van der Waals surface area contributed by atoms with Gasteiger partial charge < -0.3 is 9.90 Å². The van der Waals surface area contributed by atoms with Crippen LogP contribution in [-0.4, -0.2) is 15.5 Å². The molecule has 0 N–H and O–H groups in total. The fourth-order valence-corrected chi connectivity index (χ4v) is 2.69. The quantitative estimate of drug-likeness (QED) is 0.864. The molecule has 1 unspecified atom stereocenters. The smallest absolute Gasteiger partial charge is 0.262 e. The summed E-state index contributed by atoms with van der Waals surface area (Å²) in [6, 6.07) is 1.84. The Labute approximate surface area is 124 Å². The highest BCUT2D eigenvalue weighted by atomic mass is 35.5. The Kier molecular flexibility index (Phi) is 4.01. The highest BCUT2D eigenvalue weighted by Gasteiger charge is 2.18. The number of fused-ring (bicyclic) bond motifs is 1. The molecular formula is C13H11Cl2N2O3-. The summed E-state index contributed by atoms with van der Waals surface area (Å²) in [5, 5.41) is 11.9. The van der Waals surface area contributed by atoms with Gasteiger partial charge >= 0.3 is 0 Å². The first-order valence-electron chi connectivity index (χ1n) is 5.95. The van der Waals surface area contributed by atoms with Crippen LogP contribution in [0.2, 0.25) is 10.0 Å². The molecule has 1 aromatic carbocycles. The topological polar surface area (TPSA) is 75.0 Å². The number of carbonyl (C=O) groups is 1. The largest absolute Gasteiger partial charge is 0.548 e. The summed E-state index contributed by atoms with van der Waals surface area (Å²) in [5.41, 5.74) is -0.184. The number of benzene rings is 1. The predicted octanol–water partition coefficient (Wildman–Crippen LogP) is 1.71. The van der Waals surface area contributed by atoms with E-state index < -0.39 is 17.6 Å². The number of aromatic nitrogens is 2. The van der Waals surface area contributed by atoms with Crippen molar-refractivity contribution >= 4 is 40.1 Å². The molecule has 0 aliphatic rings. The van der Waals surface area contributed by atoms with Gasteiger partial charge in [0.2, 0.25) is 0 Å². The highest BCUT2D eigenvalue weighted by molar-refractivity contribution is 6.38. The maximum atomic E-state index is 12.5. The van der Waals surface area contributed by atoms with Crippen molar-refractivity contribution in [1.82, 2.24) is 9.55 Å². The van der Waals surface area contributed by atoms with Crippen molar-refractivity contribution in [3.05, 3.63) is 38.4 Å². The van der Waals surface area contributed by atoms with Crippen LogP contribution in [-0.2, 0) is 4.79 Å². The van der Waals surface area contributed by atoms with E-state index in [2.05, 4.69) is 4.98 Å². The van der Waals surface area contributed by atoms with E-state index in [1.807, 2.05) is 0 Å². The summed E-state index contributed by atoms with van der Waals surface area (Å²) in [7, 11) is 0. The second kappa shape index (κ2) is 5.42. The van der Waals surface area contributed by atoms with Gasteiger partial charge in [-0.3, -0.25) is 9.36 Å². The van der Waals surface area contributed by atoms with E-state index in [1.54, 1.807) is 13.8 Å². The number of aliphatic carboxylic acids is 1. The molecule has 0 spiro atoms. The van der Waals surface area contributed by atoms with Gasteiger partial charge in [-0.15, -0.1) is 0 Å². The fourth-order valence-electron chi connectivity index (χ4n) is 2.16. The van der Waals surface area contributed by atoms with Crippen molar-refractivity contribution in [2.45, 2.75) is 26.3 Å². The van der Waals surface area contributed by atoms with E-state index in [0.717, 1.165) is 4.57 Å². The van der Waals surface area contributed by atoms with E-state index in [1.165, 1.54) is 12.1 Å². The number of carboxylic acids is 1. The van der Waals surface area contributed by atoms with Crippen LogP contribution in [0.15, 0.2) is 16.9 Å². The predicted molar refractivity (Wildman–Crippen MR) is 75.1 cm³/mol. The fraction of sp³-hybridized carbons (Fsp3) is 0.308. The first-order chi connectivity index (χ1) is 9.36. The maximum Gasteiger partial charge on any atom is 0.262 e. The number of hydrogen-bond donors (Lipinski definition) is 0. The minimum atomic E-state index is -1.33. The minimum absolute atomic E-state index is 0.188. The molecule has 7 heteroatoms. The van der Waals surface area contributed by atoms with Crippen LogP contribution in [0.3, 0.4) is 0 Å². The molecule has 1 aromatic heterocycles. The Morgan fingerprint density at radius 2 is 2.10 bits per heavy atom. The normalized spacial score (nSPS) is 12.6. The molecule has 0 aliphatic carbocycles. The van der Waals surface area contributed by atoms with Gasteiger partial charge in [0.05, 0.1) is 27.9 Å². The average molecular weight is 314 g/mol. The summed E-state index contributed by atoms with van der Waals surface area (Å²) in [6.07, 6.45) is 0.213. The lowest BCUT2D eigenvalue weighted by atomic mass is 10.2. The van der Waals surface area contributed by atoms with Crippen molar-refractivity contribution in [2.75, 3.05) is 0 Å². The Morgan fingerprint density at radius 1 is 1.45 bits per heavy atom. The molecule has 5 nitrogen and oxygen atoms in total. The zero-order valence-corrected chi connectivity index (χ0v) is 12.3. The van der Waals surface area contributed by atoms with Crippen molar-refractivity contribution < 1.29 is 9.90 Å². The van der Waals surface area contributed by atoms with Crippen LogP contribution < -0.4 is 10.7 Å². The Balaban J connectivity index is 2.88. The van der Waals surface area contributed by atoms with Crippen LogP contribution in [0.1, 0.15) is 25.2 Å². The van der Waals surface area contributed by atoms with Crippen molar-refractivity contribution in [3.63, 3.8) is 0 Å². The Hall–Kier alpha value is -1.59. The van der Waals surface area contributed by atoms with E-state index >= 15 is 0 Å². The van der Waals surface area contributed by atoms with Crippen molar-refractivity contribution in [1.29, 1.82) is 0 Å². The first kappa shape index (κ1) is 14.8. The van der Waals surface area contributed by atoms with Crippen LogP contribution in [0, 0.1) is 6.92 Å². The van der Waals surface area contributed by atoms with Gasteiger partial charge in [0.15, 0.2) is 0 Å². The molecule has 20 heavy (non-hydrogen) atoms. The Bertz CT molecular complexity index is 755. The molecule has 0 radical (unpaired) electrons. The van der Waals surface area contributed by atoms with Crippen LogP contribution in [0.25, 0.3) is 10.9 Å². The van der Waals surface area contributed by atoms with Gasteiger partial charge in [0.1, 0.15) is 5.82 Å².